The number of unbranched alkanes of at least 4 members (excludes halogenated alkanes) is 1. The first-order valence-electron chi connectivity index (χ1n) is 3.98. The van der Waals surface area contributed by atoms with Gasteiger partial charge in [-0.2, -0.15) is 0 Å². The number of aliphatic carboxylic acids is 2. The predicted octanol–water partition coefficient (Wildman–Crippen LogP) is 1.74. The Labute approximate surface area is 72.2 Å². The van der Waals surface area contributed by atoms with Crippen LogP contribution < -0.4 is 0 Å². The van der Waals surface area contributed by atoms with Crippen molar-refractivity contribution in [2.45, 2.75) is 39.5 Å². The average Bonchev–Trinajstić information content (AvgIpc) is 2.01. The smallest absolute Gasteiger partial charge is 0.303 e. The molecule has 0 aliphatic rings. The van der Waals surface area contributed by atoms with E-state index >= 15 is 0 Å². The Morgan fingerprint density at radius 3 is 1.25 bits per heavy atom. The van der Waals surface area contributed by atoms with Gasteiger partial charge in [0.25, 0.3) is 0 Å². The van der Waals surface area contributed by atoms with Gasteiger partial charge in [-0.25, -0.2) is 0 Å². The molecule has 0 aromatic heterocycles. The lowest BCUT2D eigenvalue weighted by Crippen LogP contribution is -2.00. The molecule has 0 saturated carbocycles. The third-order valence-corrected chi connectivity index (χ3v) is 1.05. The van der Waals surface area contributed by atoms with Crippen molar-refractivity contribution in [1.82, 2.24) is 0 Å². The van der Waals surface area contributed by atoms with Crippen molar-refractivity contribution >= 4 is 11.9 Å². The van der Waals surface area contributed by atoms with Crippen LogP contribution in [-0.4, -0.2) is 22.2 Å². The molecule has 0 fully saturated rings. The van der Waals surface area contributed by atoms with Gasteiger partial charge in [-0.05, 0) is 0 Å². The quantitative estimate of drug-likeness (QED) is 0.684. The van der Waals surface area contributed by atoms with Crippen molar-refractivity contribution in [1.29, 1.82) is 0 Å². The zero-order valence-electron chi connectivity index (χ0n) is 7.54. The Balaban J connectivity index is 0. The molecule has 0 aliphatic heterocycles. The number of hydrogen-bond donors (Lipinski definition) is 2. The fraction of sp³-hybridized carbons (Fsp3) is 0.750. The largest absolute Gasteiger partial charge is 0.481 e. The summed E-state index contributed by atoms with van der Waals surface area (Å²) in [6.07, 6.45) is 2.05. The standard InChI is InChI=1S/C4H6O4.C4H10/c5-3(6)1-2-4(7)8;1-3-4-2/h1-2H2,(H,5,6)(H,7,8);3-4H2,1-2H3. The molecule has 0 amide bonds. The Hall–Kier alpha value is -1.06. The molecule has 0 aromatic rings. The molecule has 72 valence electrons. The highest BCUT2D eigenvalue weighted by Gasteiger charge is 2.00. The zero-order valence-corrected chi connectivity index (χ0v) is 7.54. The first-order valence-corrected chi connectivity index (χ1v) is 3.98. The second kappa shape index (κ2) is 9.94. The first kappa shape index (κ1) is 13.5. The van der Waals surface area contributed by atoms with Crippen molar-refractivity contribution in [3.05, 3.63) is 0 Å². The molecular formula is C8H16O4. The van der Waals surface area contributed by atoms with Crippen LogP contribution in [0.2, 0.25) is 0 Å². The summed E-state index contributed by atoms with van der Waals surface area (Å²) < 4.78 is 0. The Morgan fingerprint density at radius 1 is 0.917 bits per heavy atom. The highest BCUT2D eigenvalue weighted by molar-refractivity contribution is 5.75. The molecule has 12 heavy (non-hydrogen) atoms. The van der Waals surface area contributed by atoms with Crippen LogP contribution in [0.4, 0.5) is 0 Å². The van der Waals surface area contributed by atoms with Crippen LogP contribution in [0.25, 0.3) is 0 Å². The Kier molecular flexibility index (Phi) is 11.2. The van der Waals surface area contributed by atoms with Crippen LogP contribution >= 0.6 is 0 Å². The molecule has 0 spiro atoms. The van der Waals surface area contributed by atoms with E-state index < -0.39 is 11.9 Å². The summed E-state index contributed by atoms with van der Waals surface area (Å²) in [6.45, 7) is 4.36. The first-order chi connectivity index (χ1) is 5.54. The van der Waals surface area contributed by atoms with Gasteiger partial charge >= 0.3 is 11.9 Å². The van der Waals surface area contributed by atoms with E-state index in [4.69, 9.17) is 10.2 Å². The molecule has 2 N–H and O–H groups in total. The molecule has 0 aliphatic carbocycles. The highest BCUT2D eigenvalue weighted by Crippen LogP contribution is 1.86. The normalized spacial score (nSPS) is 8.17. The van der Waals surface area contributed by atoms with Crippen LogP contribution in [0.3, 0.4) is 0 Å². The number of carbonyl (C=O) groups is 2. The monoisotopic (exact) mass is 176 g/mol. The minimum atomic E-state index is -1.08. The number of carboxylic acids is 2. The van der Waals surface area contributed by atoms with E-state index in [1.54, 1.807) is 0 Å². The molecule has 0 aromatic carbocycles. The van der Waals surface area contributed by atoms with E-state index in [1.807, 2.05) is 0 Å². The van der Waals surface area contributed by atoms with E-state index in [0.29, 0.717) is 0 Å². The van der Waals surface area contributed by atoms with Gasteiger partial charge in [0.05, 0.1) is 12.8 Å². The minimum absolute atomic E-state index is 0.296. The molecule has 0 bridgehead atoms. The minimum Gasteiger partial charge on any atom is -0.481 e. The molecule has 0 unspecified atom stereocenters. The number of hydrogen-bond acceptors (Lipinski definition) is 2. The predicted molar refractivity (Wildman–Crippen MR) is 45.1 cm³/mol. The van der Waals surface area contributed by atoms with Gasteiger partial charge in [0, 0.05) is 0 Å². The van der Waals surface area contributed by atoms with Crippen LogP contribution in [0.5, 0.6) is 0 Å². The molecule has 0 heterocycles. The van der Waals surface area contributed by atoms with Gasteiger partial charge in [0.2, 0.25) is 0 Å². The van der Waals surface area contributed by atoms with Crippen LogP contribution in [-0.2, 0) is 9.59 Å². The molecule has 4 nitrogen and oxygen atoms in total. The van der Waals surface area contributed by atoms with E-state index in [9.17, 15) is 9.59 Å². The fourth-order valence-corrected chi connectivity index (χ4v) is 0.214. The SMILES string of the molecule is CCCC.O=C(O)CCC(=O)O. The van der Waals surface area contributed by atoms with Crippen molar-refractivity contribution < 1.29 is 19.8 Å². The topological polar surface area (TPSA) is 74.6 Å². The van der Waals surface area contributed by atoms with Crippen LogP contribution in [0, 0.1) is 0 Å². The average molecular weight is 176 g/mol. The summed E-state index contributed by atoms with van der Waals surface area (Å²) in [5, 5.41) is 15.8. The van der Waals surface area contributed by atoms with Gasteiger partial charge in [0.1, 0.15) is 0 Å². The summed E-state index contributed by atoms with van der Waals surface area (Å²) in [7, 11) is 0. The lowest BCUT2D eigenvalue weighted by atomic mass is 10.3. The molecule has 0 radical (unpaired) electrons. The lowest BCUT2D eigenvalue weighted by molar-refractivity contribution is -0.143. The van der Waals surface area contributed by atoms with Gasteiger partial charge < -0.3 is 10.2 Å². The second-order valence-electron chi connectivity index (χ2n) is 2.29. The maximum atomic E-state index is 9.64. The zero-order chi connectivity index (χ0) is 9.98. The summed E-state index contributed by atoms with van der Waals surface area (Å²) in [6, 6.07) is 0. The second-order valence-corrected chi connectivity index (χ2v) is 2.29. The lowest BCUT2D eigenvalue weighted by Gasteiger charge is -1.85. The van der Waals surface area contributed by atoms with E-state index in [2.05, 4.69) is 13.8 Å². The van der Waals surface area contributed by atoms with Crippen molar-refractivity contribution in [2.24, 2.45) is 0 Å². The third-order valence-electron chi connectivity index (χ3n) is 1.05. The summed E-state index contributed by atoms with van der Waals surface area (Å²) in [4.78, 5) is 19.3. The van der Waals surface area contributed by atoms with E-state index in [1.165, 1.54) is 12.8 Å². The summed E-state index contributed by atoms with van der Waals surface area (Å²) in [5.74, 6) is -2.15. The van der Waals surface area contributed by atoms with Gasteiger partial charge in [-0.3, -0.25) is 9.59 Å². The van der Waals surface area contributed by atoms with Crippen molar-refractivity contribution in [2.75, 3.05) is 0 Å². The van der Waals surface area contributed by atoms with Gasteiger partial charge in [-0.1, -0.05) is 26.7 Å². The molecule has 0 saturated heterocycles. The van der Waals surface area contributed by atoms with E-state index in [-0.39, 0.29) is 12.8 Å². The molecular weight excluding hydrogens is 160 g/mol. The fourth-order valence-electron chi connectivity index (χ4n) is 0.214. The van der Waals surface area contributed by atoms with Gasteiger partial charge in [0.15, 0.2) is 0 Å². The highest BCUT2D eigenvalue weighted by atomic mass is 16.4. The molecule has 4 heteroatoms. The maximum absolute atomic E-state index is 9.64. The number of carboxylic acid groups (broad SMARTS) is 2. The summed E-state index contributed by atoms with van der Waals surface area (Å²) in [5.41, 5.74) is 0. The molecule has 0 rings (SSSR count). The van der Waals surface area contributed by atoms with Crippen LogP contribution in [0.1, 0.15) is 39.5 Å². The summed E-state index contributed by atoms with van der Waals surface area (Å²) >= 11 is 0. The Morgan fingerprint density at radius 2 is 1.17 bits per heavy atom. The molecule has 0 atom stereocenters. The number of rotatable bonds is 4. The van der Waals surface area contributed by atoms with Crippen molar-refractivity contribution in [3.8, 4) is 0 Å². The van der Waals surface area contributed by atoms with E-state index in [0.717, 1.165) is 0 Å². The van der Waals surface area contributed by atoms with Crippen molar-refractivity contribution in [3.63, 3.8) is 0 Å². The maximum Gasteiger partial charge on any atom is 0.303 e. The van der Waals surface area contributed by atoms with Gasteiger partial charge in [-0.15, -0.1) is 0 Å². The van der Waals surface area contributed by atoms with Crippen LogP contribution in [0.15, 0.2) is 0 Å². The third kappa shape index (κ3) is 23.1. The Bertz CT molecular complexity index is 115.